The minimum Gasteiger partial charge on any atom is -0.259 e. The van der Waals surface area contributed by atoms with Crippen molar-refractivity contribution in [1.82, 2.24) is 9.80 Å². The topological polar surface area (TPSA) is 6.48 Å². The molecule has 0 aromatic rings. The molecule has 1 aliphatic heterocycles. The van der Waals surface area contributed by atoms with Crippen LogP contribution in [0.1, 0.15) is 0 Å². The molecule has 5 heteroatoms. The van der Waals surface area contributed by atoms with Crippen molar-refractivity contribution in [2.75, 3.05) is 14.1 Å². The van der Waals surface area contributed by atoms with E-state index < -0.39 is 0 Å². The number of hydrogen-bond donors (Lipinski definition) is 0. The van der Waals surface area contributed by atoms with Crippen LogP contribution in [0.4, 0.5) is 0 Å². The molecule has 2 unspecified atom stereocenters. The molecule has 0 aromatic carbocycles. The lowest BCUT2D eigenvalue weighted by Crippen LogP contribution is -2.30. The molecule has 0 spiro atoms. The number of alkyl halides is 3. The Balaban J connectivity index is 2.68. The molecule has 0 aliphatic carbocycles. The summed E-state index contributed by atoms with van der Waals surface area (Å²) in [6, 6.07) is 0. The number of halogens is 3. The van der Waals surface area contributed by atoms with E-state index in [2.05, 4.69) is 0 Å². The molecule has 0 N–H and O–H groups in total. The molecular formula is C5H9Cl3N2. The summed E-state index contributed by atoms with van der Waals surface area (Å²) in [5.41, 5.74) is -0.590. The summed E-state index contributed by atoms with van der Waals surface area (Å²) in [6.45, 7) is 0. The Kier molecular flexibility index (Phi) is 2.69. The summed E-state index contributed by atoms with van der Waals surface area (Å²) in [5, 5.41) is 0. The molecule has 2 nitrogen and oxygen atoms in total. The van der Waals surface area contributed by atoms with Crippen molar-refractivity contribution < 1.29 is 0 Å². The van der Waals surface area contributed by atoms with Crippen LogP contribution >= 0.6 is 34.8 Å². The monoisotopic (exact) mass is 202 g/mol. The molecule has 1 aliphatic rings. The zero-order chi connectivity index (χ0) is 7.89. The molecule has 0 bridgehead atoms. The van der Waals surface area contributed by atoms with Gasteiger partial charge in [-0.2, -0.15) is 0 Å². The third-order valence-corrected chi connectivity index (χ3v) is 3.52. The van der Waals surface area contributed by atoms with Crippen molar-refractivity contribution in [2.24, 2.45) is 0 Å². The van der Waals surface area contributed by atoms with Crippen LogP contribution < -0.4 is 0 Å². The molecule has 1 saturated heterocycles. The van der Waals surface area contributed by atoms with Crippen molar-refractivity contribution in [2.45, 2.75) is 16.6 Å². The fourth-order valence-electron chi connectivity index (χ4n) is 0.910. The van der Waals surface area contributed by atoms with Gasteiger partial charge in [-0.05, 0) is 14.1 Å². The highest BCUT2D eigenvalue weighted by Crippen LogP contribution is 2.30. The van der Waals surface area contributed by atoms with E-state index in [1.54, 1.807) is 9.80 Å². The van der Waals surface area contributed by atoms with Crippen LogP contribution in [0, 0.1) is 0 Å². The molecular weight excluding hydrogens is 194 g/mol. The van der Waals surface area contributed by atoms with Gasteiger partial charge < -0.3 is 0 Å². The van der Waals surface area contributed by atoms with E-state index in [1.165, 1.54) is 0 Å². The van der Waals surface area contributed by atoms with Crippen LogP contribution in [0.15, 0.2) is 0 Å². The van der Waals surface area contributed by atoms with Crippen molar-refractivity contribution in [1.29, 1.82) is 0 Å². The normalized spacial score (nSPS) is 44.7. The highest BCUT2D eigenvalue weighted by Gasteiger charge is 2.39. The van der Waals surface area contributed by atoms with Gasteiger partial charge in [0.2, 0.25) is 0 Å². The van der Waals surface area contributed by atoms with Gasteiger partial charge in [0.15, 0.2) is 0 Å². The van der Waals surface area contributed by atoms with Gasteiger partial charge in [-0.15, -0.1) is 23.2 Å². The number of likely N-dealkylation sites (N-methyl/N-ethyl adjacent to an activating group) is 2. The predicted molar refractivity (Wildman–Crippen MR) is 44.4 cm³/mol. The van der Waals surface area contributed by atoms with Crippen LogP contribution in [0.3, 0.4) is 0 Å². The van der Waals surface area contributed by atoms with E-state index in [-0.39, 0.29) is 16.6 Å². The van der Waals surface area contributed by atoms with Crippen molar-refractivity contribution in [3.63, 3.8) is 0 Å². The predicted octanol–water partition coefficient (Wildman–Crippen LogP) is 1.52. The Morgan fingerprint density at radius 1 is 0.900 bits per heavy atom. The Labute approximate surface area is 75.6 Å². The Hall–Kier alpha value is 0.790. The molecule has 1 heterocycles. The Morgan fingerprint density at radius 2 is 1.20 bits per heavy atom. The molecule has 0 aromatic heterocycles. The summed E-state index contributed by atoms with van der Waals surface area (Å²) >= 11 is 17.6. The fourth-order valence-corrected chi connectivity index (χ4v) is 1.84. The molecule has 1 rings (SSSR count). The van der Waals surface area contributed by atoms with Gasteiger partial charge in [-0.3, -0.25) is 9.80 Å². The third-order valence-electron chi connectivity index (χ3n) is 1.68. The van der Waals surface area contributed by atoms with E-state index in [9.17, 15) is 0 Å². The van der Waals surface area contributed by atoms with Crippen LogP contribution in [0.2, 0.25) is 0 Å². The lowest BCUT2D eigenvalue weighted by molar-refractivity contribution is 0.262. The summed E-state index contributed by atoms with van der Waals surface area (Å²) in [5.74, 6) is 0. The summed E-state index contributed by atoms with van der Waals surface area (Å²) < 4.78 is 0. The lowest BCUT2D eigenvalue weighted by Gasteiger charge is -2.17. The van der Waals surface area contributed by atoms with Crippen molar-refractivity contribution in [3.8, 4) is 0 Å². The Bertz CT molecular complexity index is 87.2. The molecule has 0 amide bonds. The van der Waals surface area contributed by atoms with Crippen molar-refractivity contribution >= 4 is 34.8 Å². The van der Waals surface area contributed by atoms with Gasteiger partial charge in [-0.25, -0.2) is 0 Å². The first-order chi connectivity index (χ1) is 4.55. The summed E-state index contributed by atoms with van der Waals surface area (Å²) in [7, 11) is 3.68. The lowest BCUT2D eigenvalue weighted by atomic mass is 10.6. The van der Waals surface area contributed by atoms with Gasteiger partial charge in [-0.1, -0.05) is 11.6 Å². The van der Waals surface area contributed by atoms with Gasteiger partial charge in [0.1, 0.15) is 16.6 Å². The van der Waals surface area contributed by atoms with Gasteiger partial charge in [0.05, 0.1) is 0 Å². The van der Waals surface area contributed by atoms with Crippen LogP contribution in [-0.2, 0) is 0 Å². The molecule has 10 heavy (non-hydrogen) atoms. The minimum absolute atomic E-state index is 0.190. The van der Waals surface area contributed by atoms with Crippen LogP contribution in [0.5, 0.6) is 0 Å². The molecule has 60 valence electrons. The number of hydrogen-bond acceptors (Lipinski definition) is 2. The number of rotatable bonds is 0. The average molecular weight is 204 g/mol. The first-order valence-corrected chi connectivity index (χ1v) is 4.22. The maximum atomic E-state index is 5.89. The average Bonchev–Trinajstić information content (AvgIpc) is 2.07. The van der Waals surface area contributed by atoms with Gasteiger partial charge >= 0.3 is 0 Å². The maximum absolute atomic E-state index is 5.89. The largest absolute Gasteiger partial charge is 0.259 e. The van der Waals surface area contributed by atoms with E-state index in [1.807, 2.05) is 14.1 Å². The smallest absolute Gasteiger partial charge is 0.142 e. The standard InChI is InChI=1S/C5H9Cl3N2/c1-9-3(6)4(7)10(2)5(9)8/h3-5H,1-2H3. The highest BCUT2D eigenvalue weighted by molar-refractivity contribution is 6.31. The van der Waals surface area contributed by atoms with Crippen LogP contribution in [-0.4, -0.2) is 40.5 Å². The summed E-state index contributed by atoms with van der Waals surface area (Å²) in [4.78, 5) is 3.61. The Morgan fingerprint density at radius 3 is 1.30 bits per heavy atom. The zero-order valence-electron chi connectivity index (χ0n) is 5.76. The van der Waals surface area contributed by atoms with Crippen molar-refractivity contribution in [3.05, 3.63) is 0 Å². The van der Waals surface area contributed by atoms with E-state index in [0.29, 0.717) is 0 Å². The van der Waals surface area contributed by atoms with E-state index in [4.69, 9.17) is 34.8 Å². The first-order valence-electron chi connectivity index (χ1n) is 2.92. The van der Waals surface area contributed by atoms with Gasteiger partial charge in [0, 0.05) is 0 Å². The first kappa shape index (κ1) is 8.88. The molecule has 0 radical (unpaired) electrons. The molecule has 0 saturated carbocycles. The minimum atomic E-state index is -0.200. The molecule has 2 atom stereocenters. The second-order valence-electron chi connectivity index (χ2n) is 2.39. The number of nitrogens with zero attached hydrogens (tertiary/aromatic N) is 2. The third kappa shape index (κ3) is 1.23. The van der Waals surface area contributed by atoms with Gasteiger partial charge in [0.25, 0.3) is 0 Å². The quantitative estimate of drug-likeness (QED) is 0.435. The SMILES string of the molecule is CN1C(Cl)C(Cl)N(C)C1Cl. The zero-order valence-corrected chi connectivity index (χ0v) is 8.03. The van der Waals surface area contributed by atoms with E-state index >= 15 is 0 Å². The fraction of sp³-hybridized carbons (Fsp3) is 1.00. The van der Waals surface area contributed by atoms with Crippen LogP contribution in [0.25, 0.3) is 0 Å². The highest BCUT2D eigenvalue weighted by atomic mass is 35.5. The summed E-state index contributed by atoms with van der Waals surface area (Å²) in [6.07, 6.45) is 0. The molecule has 1 fully saturated rings. The second kappa shape index (κ2) is 3.03. The van der Waals surface area contributed by atoms with E-state index in [0.717, 1.165) is 0 Å². The second-order valence-corrected chi connectivity index (χ2v) is 3.67. The maximum Gasteiger partial charge on any atom is 0.142 e.